The van der Waals surface area contributed by atoms with Crippen LogP contribution in [-0.4, -0.2) is 39.8 Å². The number of nitrogens with zero attached hydrogens (tertiary/aromatic N) is 4. The molecule has 2 unspecified atom stereocenters. The summed E-state index contributed by atoms with van der Waals surface area (Å²) in [5, 5.41) is 23.7. The number of nitrogens with one attached hydrogen (secondary N) is 2. The van der Waals surface area contributed by atoms with Crippen LogP contribution < -0.4 is 21.5 Å². The summed E-state index contributed by atoms with van der Waals surface area (Å²) in [7, 11) is 0. The third-order valence-corrected chi connectivity index (χ3v) is 5.92. The standard InChI is InChI=1S/C20H19N7O5/c21-9-12-14(11-3-1-2-4-13(11)27(31)32)15-17(23-18(12)29)24-20(25-19(15)30)26-7-5-10(6-8-26)16(22)28/h1-4,10,12,14H,5-8H2,(H2,22,28)(H2,23,24,25,29,30). The van der Waals surface area contributed by atoms with Gasteiger partial charge in [-0.3, -0.25) is 29.5 Å². The van der Waals surface area contributed by atoms with Gasteiger partial charge in [0.15, 0.2) is 0 Å². The number of nitriles is 1. The average molecular weight is 437 g/mol. The van der Waals surface area contributed by atoms with Crippen LogP contribution in [0.25, 0.3) is 0 Å². The van der Waals surface area contributed by atoms with Crippen LogP contribution >= 0.6 is 0 Å². The molecule has 12 heteroatoms. The Hall–Kier alpha value is -4.27. The first-order chi connectivity index (χ1) is 15.3. The molecule has 0 spiro atoms. The van der Waals surface area contributed by atoms with Gasteiger partial charge in [-0.1, -0.05) is 18.2 Å². The number of amides is 2. The number of rotatable bonds is 4. The maximum atomic E-state index is 13.1. The second-order valence-electron chi connectivity index (χ2n) is 7.71. The second kappa shape index (κ2) is 8.10. The van der Waals surface area contributed by atoms with E-state index in [1.165, 1.54) is 18.2 Å². The number of nitro groups is 1. The zero-order valence-corrected chi connectivity index (χ0v) is 16.8. The van der Waals surface area contributed by atoms with Crippen molar-refractivity contribution in [2.24, 2.45) is 17.6 Å². The first kappa shape index (κ1) is 21.0. The molecule has 1 aromatic carbocycles. The van der Waals surface area contributed by atoms with E-state index in [9.17, 15) is 29.8 Å². The lowest BCUT2D eigenvalue weighted by Gasteiger charge is -2.33. The minimum atomic E-state index is -1.34. The summed E-state index contributed by atoms with van der Waals surface area (Å²) in [5.74, 6) is -3.66. The van der Waals surface area contributed by atoms with Gasteiger partial charge in [0, 0.05) is 36.6 Å². The molecule has 2 aliphatic heterocycles. The molecule has 4 rings (SSSR count). The zero-order valence-electron chi connectivity index (χ0n) is 16.8. The van der Waals surface area contributed by atoms with Gasteiger partial charge in [0.2, 0.25) is 17.8 Å². The Balaban J connectivity index is 1.79. The number of benzene rings is 1. The highest BCUT2D eigenvalue weighted by molar-refractivity contribution is 5.98. The Labute approximate surface area is 181 Å². The van der Waals surface area contributed by atoms with Crippen LogP contribution in [0.2, 0.25) is 0 Å². The van der Waals surface area contributed by atoms with Crippen LogP contribution in [0, 0.1) is 33.3 Å². The smallest absolute Gasteiger partial charge is 0.273 e. The highest BCUT2D eigenvalue weighted by Crippen LogP contribution is 2.41. The summed E-state index contributed by atoms with van der Waals surface area (Å²) in [6, 6.07) is 7.56. The minimum absolute atomic E-state index is 0.0128. The number of fused-ring (bicyclic) bond motifs is 1. The number of nitrogens with two attached hydrogens (primary N) is 1. The van der Waals surface area contributed by atoms with E-state index in [0.717, 1.165) is 0 Å². The summed E-state index contributed by atoms with van der Waals surface area (Å²) >= 11 is 0. The minimum Gasteiger partial charge on any atom is -0.369 e. The van der Waals surface area contributed by atoms with E-state index in [-0.39, 0.29) is 40.4 Å². The molecule has 164 valence electrons. The van der Waals surface area contributed by atoms with Gasteiger partial charge in [0.05, 0.1) is 16.6 Å². The average Bonchev–Trinajstić information content (AvgIpc) is 2.78. The molecule has 12 nitrogen and oxygen atoms in total. The fourth-order valence-corrected chi connectivity index (χ4v) is 4.28. The molecule has 4 N–H and O–H groups in total. The normalized spacial score (nSPS) is 20.7. The highest BCUT2D eigenvalue weighted by atomic mass is 16.6. The van der Waals surface area contributed by atoms with Crippen molar-refractivity contribution >= 4 is 29.3 Å². The van der Waals surface area contributed by atoms with Crippen LogP contribution in [0.15, 0.2) is 29.1 Å². The van der Waals surface area contributed by atoms with Crippen LogP contribution in [0.5, 0.6) is 0 Å². The third kappa shape index (κ3) is 3.53. The van der Waals surface area contributed by atoms with Crippen LogP contribution in [0.1, 0.15) is 29.9 Å². The van der Waals surface area contributed by atoms with E-state index in [0.29, 0.717) is 25.9 Å². The summed E-state index contributed by atoms with van der Waals surface area (Å²) in [5.41, 5.74) is 4.53. The van der Waals surface area contributed by atoms with Crippen molar-refractivity contribution in [3.63, 3.8) is 0 Å². The van der Waals surface area contributed by atoms with Crippen LogP contribution in [-0.2, 0) is 9.59 Å². The maximum absolute atomic E-state index is 13.1. The molecular weight excluding hydrogens is 418 g/mol. The number of piperidine rings is 1. The number of H-pyrrole nitrogens is 1. The topological polar surface area (TPSA) is 188 Å². The van der Waals surface area contributed by atoms with Crippen molar-refractivity contribution in [2.45, 2.75) is 18.8 Å². The van der Waals surface area contributed by atoms with Crippen molar-refractivity contribution in [2.75, 3.05) is 23.3 Å². The van der Waals surface area contributed by atoms with Gasteiger partial charge in [0.25, 0.3) is 11.2 Å². The summed E-state index contributed by atoms with van der Waals surface area (Å²) in [4.78, 5) is 56.9. The molecule has 0 aliphatic carbocycles. The van der Waals surface area contributed by atoms with Crippen molar-refractivity contribution in [3.05, 3.63) is 55.9 Å². The number of anilines is 2. The molecule has 32 heavy (non-hydrogen) atoms. The number of carbonyl (C=O) groups excluding carboxylic acids is 2. The van der Waals surface area contributed by atoms with Gasteiger partial charge in [-0.05, 0) is 12.8 Å². The fourth-order valence-electron chi connectivity index (χ4n) is 4.28. The molecular formula is C20H19N7O5. The number of nitro benzene ring substituents is 1. The molecule has 2 aliphatic rings. The van der Waals surface area contributed by atoms with Crippen molar-refractivity contribution in [1.82, 2.24) is 9.97 Å². The van der Waals surface area contributed by atoms with E-state index in [1.54, 1.807) is 11.0 Å². The Morgan fingerprint density at radius 2 is 1.97 bits per heavy atom. The van der Waals surface area contributed by atoms with Crippen LogP contribution in [0.3, 0.4) is 0 Å². The van der Waals surface area contributed by atoms with Gasteiger partial charge in [-0.15, -0.1) is 0 Å². The monoisotopic (exact) mass is 437 g/mol. The van der Waals surface area contributed by atoms with Crippen molar-refractivity contribution in [3.8, 4) is 6.07 Å². The van der Waals surface area contributed by atoms with E-state index >= 15 is 0 Å². The van der Waals surface area contributed by atoms with Gasteiger partial charge < -0.3 is 16.0 Å². The Bertz CT molecular complexity index is 1210. The molecule has 1 fully saturated rings. The van der Waals surface area contributed by atoms with Gasteiger partial charge in [-0.25, -0.2) is 0 Å². The first-order valence-corrected chi connectivity index (χ1v) is 9.94. The summed E-state index contributed by atoms with van der Waals surface area (Å²) < 4.78 is 0. The van der Waals surface area contributed by atoms with Crippen LogP contribution in [0.4, 0.5) is 17.5 Å². The largest absolute Gasteiger partial charge is 0.369 e. The lowest BCUT2D eigenvalue weighted by Crippen LogP contribution is -2.42. The van der Waals surface area contributed by atoms with Crippen molar-refractivity contribution in [1.29, 1.82) is 5.26 Å². The number of para-hydroxylation sites is 1. The quantitative estimate of drug-likeness (QED) is 0.458. The predicted molar refractivity (Wildman–Crippen MR) is 112 cm³/mol. The molecule has 2 atom stereocenters. The maximum Gasteiger partial charge on any atom is 0.273 e. The van der Waals surface area contributed by atoms with E-state index in [2.05, 4.69) is 15.3 Å². The Morgan fingerprint density at radius 3 is 2.59 bits per heavy atom. The molecule has 1 aromatic heterocycles. The van der Waals surface area contributed by atoms with Crippen molar-refractivity contribution < 1.29 is 14.5 Å². The van der Waals surface area contributed by atoms with E-state index in [1.807, 2.05) is 6.07 Å². The predicted octanol–water partition coefficient (Wildman–Crippen LogP) is 0.604. The number of aromatic amines is 1. The Kier molecular flexibility index (Phi) is 5.31. The lowest BCUT2D eigenvalue weighted by molar-refractivity contribution is -0.385. The molecule has 3 heterocycles. The molecule has 2 aromatic rings. The third-order valence-electron chi connectivity index (χ3n) is 5.92. The first-order valence-electron chi connectivity index (χ1n) is 9.94. The second-order valence-corrected chi connectivity index (χ2v) is 7.71. The molecule has 0 bridgehead atoms. The Morgan fingerprint density at radius 1 is 1.28 bits per heavy atom. The number of aromatic nitrogens is 2. The fraction of sp³-hybridized carbons (Fsp3) is 0.350. The number of hydrogen-bond donors (Lipinski definition) is 3. The summed E-state index contributed by atoms with van der Waals surface area (Å²) in [6.45, 7) is 0.857. The molecule has 0 saturated carbocycles. The molecule has 0 radical (unpaired) electrons. The van der Waals surface area contributed by atoms with Gasteiger partial charge in [-0.2, -0.15) is 10.2 Å². The highest BCUT2D eigenvalue weighted by Gasteiger charge is 2.43. The SMILES string of the molecule is N#CC1C(=O)Nc2nc(N3CCC(C(N)=O)CC3)[nH]c(=O)c2C1c1ccccc1[N+](=O)[O-]. The van der Waals surface area contributed by atoms with E-state index < -0.39 is 28.2 Å². The molecule has 1 saturated heterocycles. The van der Waals surface area contributed by atoms with E-state index in [4.69, 9.17) is 5.73 Å². The number of carbonyl (C=O) groups is 2. The molecule has 2 amide bonds. The zero-order chi connectivity index (χ0) is 23.0. The van der Waals surface area contributed by atoms with Gasteiger partial charge in [0.1, 0.15) is 11.7 Å². The number of hydrogen-bond acceptors (Lipinski definition) is 8. The lowest BCUT2D eigenvalue weighted by atomic mass is 9.78. The van der Waals surface area contributed by atoms with Gasteiger partial charge >= 0.3 is 0 Å². The summed E-state index contributed by atoms with van der Waals surface area (Å²) in [6.07, 6.45) is 0.996. The number of primary amides is 1.